The summed E-state index contributed by atoms with van der Waals surface area (Å²) in [5.41, 5.74) is 1.03. The van der Waals surface area contributed by atoms with Gasteiger partial charge in [-0.3, -0.25) is 14.5 Å². The predicted molar refractivity (Wildman–Crippen MR) is 78.6 cm³/mol. The Labute approximate surface area is 122 Å². The summed E-state index contributed by atoms with van der Waals surface area (Å²) >= 11 is 1.62. The third-order valence-corrected chi connectivity index (χ3v) is 4.23. The first-order valence-corrected chi connectivity index (χ1v) is 7.67. The summed E-state index contributed by atoms with van der Waals surface area (Å²) in [6, 6.07) is 9.09. The Morgan fingerprint density at radius 1 is 1.35 bits per heavy atom. The van der Waals surface area contributed by atoms with E-state index < -0.39 is 12.0 Å². The number of nitrogens with one attached hydrogen (secondary N) is 1. The molecule has 6 heteroatoms. The standard InChI is InChI=1S/C14H18N2O3S/c17-13(15-8-11-4-2-1-3-5-11)9-16-6-7-20-10-12(16)14(18)19/h1-5,12H,6-10H2,(H,15,17)(H,18,19). The number of aliphatic carboxylic acids is 1. The van der Waals surface area contributed by atoms with Gasteiger partial charge in [0.2, 0.25) is 5.91 Å². The predicted octanol–water partition coefficient (Wildman–Crippen LogP) is 0.805. The fourth-order valence-corrected chi connectivity index (χ4v) is 3.20. The molecule has 2 rings (SSSR count). The highest BCUT2D eigenvalue weighted by molar-refractivity contribution is 7.99. The normalized spacial score (nSPS) is 19.5. The Morgan fingerprint density at radius 3 is 2.80 bits per heavy atom. The molecule has 1 unspecified atom stereocenters. The molecule has 0 bridgehead atoms. The van der Waals surface area contributed by atoms with Crippen molar-refractivity contribution in [3.05, 3.63) is 35.9 Å². The molecule has 1 atom stereocenters. The number of thioether (sulfide) groups is 1. The Kier molecular flexibility index (Phi) is 5.43. The van der Waals surface area contributed by atoms with Gasteiger partial charge in [-0.05, 0) is 5.56 Å². The Balaban J connectivity index is 1.82. The van der Waals surface area contributed by atoms with Crippen molar-refractivity contribution in [3.63, 3.8) is 0 Å². The van der Waals surface area contributed by atoms with Crippen molar-refractivity contribution in [2.75, 3.05) is 24.6 Å². The van der Waals surface area contributed by atoms with Gasteiger partial charge in [-0.15, -0.1) is 0 Å². The maximum absolute atomic E-state index is 11.9. The van der Waals surface area contributed by atoms with Gasteiger partial charge in [0.25, 0.3) is 0 Å². The second kappa shape index (κ2) is 7.31. The van der Waals surface area contributed by atoms with Crippen molar-refractivity contribution < 1.29 is 14.7 Å². The van der Waals surface area contributed by atoms with Gasteiger partial charge < -0.3 is 10.4 Å². The fourth-order valence-electron chi connectivity index (χ4n) is 2.09. The van der Waals surface area contributed by atoms with E-state index in [0.29, 0.717) is 18.8 Å². The zero-order valence-electron chi connectivity index (χ0n) is 11.1. The topological polar surface area (TPSA) is 69.6 Å². The van der Waals surface area contributed by atoms with Crippen LogP contribution in [0.15, 0.2) is 30.3 Å². The van der Waals surface area contributed by atoms with Crippen LogP contribution in [0, 0.1) is 0 Å². The zero-order valence-corrected chi connectivity index (χ0v) is 11.9. The lowest BCUT2D eigenvalue weighted by Crippen LogP contribution is -2.50. The second-order valence-corrected chi connectivity index (χ2v) is 5.81. The van der Waals surface area contributed by atoms with E-state index >= 15 is 0 Å². The molecular formula is C14H18N2O3S. The van der Waals surface area contributed by atoms with Gasteiger partial charge in [0.05, 0.1) is 6.54 Å². The van der Waals surface area contributed by atoms with Crippen LogP contribution >= 0.6 is 11.8 Å². The number of rotatable bonds is 5. The zero-order chi connectivity index (χ0) is 14.4. The van der Waals surface area contributed by atoms with Crippen LogP contribution in [-0.4, -0.2) is 52.5 Å². The van der Waals surface area contributed by atoms with Gasteiger partial charge in [-0.25, -0.2) is 0 Å². The molecule has 1 aromatic rings. The number of nitrogens with zero attached hydrogens (tertiary/aromatic N) is 1. The SMILES string of the molecule is O=C(CN1CCSCC1C(=O)O)NCc1ccccc1. The highest BCUT2D eigenvalue weighted by atomic mass is 32.2. The maximum atomic E-state index is 11.9. The van der Waals surface area contributed by atoms with Crippen molar-refractivity contribution in [1.29, 1.82) is 0 Å². The third-order valence-electron chi connectivity index (χ3n) is 3.20. The number of carbonyl (C=O) groups is 2. The van der Waals surface area contributed by atoms with Gasteiger partial charge in [0, 0.05) is 24.6 Å². The molecule has 1 saturated heterocycles. The number of hydrogen-bond donors (Lipinski definition) is 2. The second-order valence-electron chi connectivity index (χ2n) is 4.66. The first-order chi connectivity index (χ1) is 9.66. The quantitative estimate of drug-likeness (QED) is 0.841. The van der Waals surface area contributed by atoms with Gasteiger partial charge in [0.1, 0.15) is 6.04 Å². The summed E-state index contributed by atoms with van der Waals surface area (Å²) in [5, 5.41) is 12.0. The van der Waals surface area contributed by atoms with Crippen molar-refractivity contribution in [3.8, 4) is 0 Å². The van der Waals surface area contributed by atoms with E-state index in [1.165, 1.54) is 0 Å². The van der Waals surface area contributed by atoms with Crippen LogP contribution in [-0.2, 0) is 16.1 Å². The van der Waals surface area contributed by atoms with E-state index in [4.69, 9.17) is 5.11 Å². The first kappa shape index (κ1) is 14.9. The summed E-state index contributed by atoms with van der Waals surface area (Å²) in [5.74, 6) is 0.428. The average molecular weight is 294 g/mol. The van der Waals surface area contributed by atoms with E-state index in [-0.39, 0.29) is 12.5 Å². The summed E-state index contributed by atoms with van der Waals surface area (Å²) in [6.07, 6.45) is 0. The number of amides is 1. The highest BCUT2D eigenvalue weighted by Gasteiger charge is 2.29. The van der Waals surface area contributed by atoms with Crippen molar-refractivity contribution in [2.24, 2.45) is 0 Å². The molecule has 1 aliphatic heterocycles. The first-order valence-electron chi connectivity index (χ1n) is 6.52. The lowest BCUT2D eigenvalue weighted by atomic mass is 10.2. The molecule has 5 nitrogen and oxygen atoms in total. The van der Waals surface area contributed by atoms with Gasteiger partial charge in [0.15, 0.2) is 0 Å². The lowest BCUT2D eigenvalue weighted by Gasteiger charge is -2.31. The van der Waals surface area contributed by atoms with E-state index in [2.05, 4.69) is 5.32 Å². The molecule has 0 spiro atoms. The van der Waals surface area contributed by atoms with E-state index in [9.17, 15) is 9.59 Å². The molecule has 1 aliphatic rings. The van der Waals surface area contributed by atoms with Crippen LogP contribution in [0.4, 0.5) is 0 Å². The lowest BCUT2D eigenvalue weighted by molar-refractivity contribution is -0.143. The minimum atomic E-state index is -0.854. The molecule has 1 fully saturated rings. The van der Waals surface area contributed by atoms with E-state index in [1.807, 2.05) is 30.3 Å². The molecule has 2 N–H and O–H groups in total. The molecule has 1 aromatic carbocycles. The number of hydrogen-bond acceptors (Lipinski definition) is 4. The van der Waals surface area contributed by atoms with Crippen molar-refractivity contribution in [1.82, 2.24) is 10.2 Å². The molecule has 0 radical (unpaired) electrons. The average Bonchev–Trinajstić information content (AvgIpc) is 2.46. The Morgan fingerprint density at radius 2 is 2.10 bits per heavy atom. The number of benzene rings is 1. The van der Waals surface area contributed by atoms with Crippen LogP contribution in [0.1, 0.15) is 5.56 Å². The summed E-state index contributed by atoms with van der Waals surface area (Å²) in [7, 11) is 0. The van der Waals surface area contributed by atoms with Crippen LogP contribution < -0.4 is 5.32 Å². The summed E-state index contributed by atoms with van der Waals surface area (Å²) in [4.78, 5) is 24.8. The van der Waals surface area contributed by atoms with Crippen LogP contribution in [0.25, 0.3) is 0 Å². The number of carbonyl (C=O) groups excluding carboxylic acids is 1. The van der Waals surface area contributed by atoms with E-state index in [0.717, 1.165) is 11.3 Å². The summed E-state index contributed by atoms with van der Waals surface area (Å²) in [6.45, 7) is 1.25. The van der Waals surface area contributed by atoms with Crippen LogP contribution in [0.5, 0.6) is 0 Å². The molecule has 0 aromatic heterocycles. The van der Waals surface area contributed by atoms with Gasteiger partial charge in [-0.1, -0.05) is 30.3 Å². The molecule has 0 aliphatic carbocycles. The van der Waals surface area contributed by atoms with Crippen LogP contribution in [0.2, 0.25) is 0 Å². The minimum Gasteiger partial charge on any atom is -0.480 e. The maximum Gasteiger partial charge on any atom is 0.321 e. The molecule has 0 saturated carbocycles. The summed E-state index contributed by atoms with van der Waals surface area (Å²) < 4.78 is 0. The van der Waals surface area contributed by atoms with Gasteiger partial charge >= 0.3 is 5.97 Å². The Hall–Kier alpha value is -1.53. The minimum absolute atomic E-state index is 0.132. The Bertz CT molecular complexity index is 467. The molecule has 1 heterocycles. The van der Waals surface area contributed by atoms with Crippen molar-refractivity contribution in [2.45, 2.75) is 12.6 Å². The fraction of sp³-hybridized carbons (Fsp3) is 0.429. The highest BCUT2D eigenvalue weighted by Crippen LogP contribution is 2.16. The molecule has 20 heavy (non-hydrogen) atoms. The molecule has 108 valence electrons. The number of carboxylic acid groups (broad SMARTS) is 1. The van der Waals surface area contributed by atoms with Crippen LogP contribution in [0.3, 0.4) is 0 Å². The largest absolute Gasteiger partial charge is 0.480 e. The smallest absolute Gasteiger partial charge is 0.321 e. The molecular weight excluding hydrogens is 276 g/mol. The third kappa shape index (κ3) is 4.25. The van der Waals surface area contributed by atoms with E-state index in [1.54, 1.807) is 16.7 Å². The van der Waals surface area contributed by atoms with Crippen molar-refractivity contribution >= 4 is 23.6 Å². The number of carboxylic acids is 1. The van der Waals surface area contributed by atoms with Gasteiger partial charge in [-0.2, -0.15) is 11.8 Å². The molecule has 1 amide bonds. The monoisotopic (exact) mass is 294 g/mol.